The van der Waals surface area contributed by atoms with Crippen LogP contribution in [0.3, 0.4) is 0 Å². The second-order valence-electron chi connectivity index (χ2n) is 5.91. The first-order valence-electron chi connectivity index (χ1n) is 8.31. The van der Waals surface area contributed by atoms with E-state index in [9.17, 15) is 5.11 Å². The first kappa shape index (κ1) is 18.5. The van der Waals surface area contributed by atoms with Crippen LogP contribution < -0.4 is 10.6 Å². The van der Waals surface area contributed by atoms with Crippen LogP contribution in [0.25, 0.3) is 0 Å². The second kappa shape index (κ2) is 9.47. The van der Waals surface area contributed by atoms with Gasteiger partial charge in [0.1, 0.15) is 0 Å². The van der Waals surface area contributed by atoms with Crippen molar-refractivity contribution < 1.29 is 5.11 Å². The zero-order chi connectivity index (χ0) is 16.5. The van der Waals surface area contributed by atoms with Gasteiger partial charge in [0.2, 0.25) is 0 Å². The second-order valence-corrected chi connectivity index (χ2v) is 9.39. The Balaban J connectivity index is 2.33. The molecule has 0 saturated carbocycles. The minimum Gasteiger partial charge on any atom is -0.396 e. The van der Waals surface area contributed by atoms with Crippen molar-refractivity contribution in [2.45, 2.75) is 20.3 Å². The minimum atomic E-state index is -0.440. The van der Waals surface area contributed by atoms with Gasteiger partial charge in [0, 0.05) is 17.8 Å². The predicted molar refractivity (Wildman–Crippen MR) is 107 cm³/mol. The third-order valence-corrected chi connectivity index (χ3v) is 8.38. The fourth-order valence-electron chi connectivity index (χ4n) is 2.67. The number of hydrogen-bond donors (Lipinski definition) is 1. The zero-order valence-electron chi connectivity index (χ0n) is 14.1. The fraction of sp³-hybridized carbons (Fsp3) is 0.400. The Morgan fingerprint density at radius 2 is 1.43 bits per heavy atom. The molecule has 0 aromatic heterocycles. The molecule has 2 aromatic carbocycles. The average molecular weight is 346 g/mol. The summed E-state index contributed by atoms with van der Waals surface area (Å²) in [6.07, 6.45) is 2.07. The molecule has 0 spiro atoms. The van der Waals surface area contributed by atoms with E-state index in [1.807, 2.05) is 11.8 Å². The van der Waals surface area contributed by atoms with Crippen LogP contribution in [0.5, 0.6) is 0 Å². The number of hydrogen-bond acceptors (Lipinski definition) is 2. The molecule has 0 aliphatic rings. The number of aliphatic hydroxyl groups is 1. The molecular weight excluding hydrogens is 319 g/mol. The molecule has 1 atom stereocenters. The largest absolute Gasteiger partial charge is 0.396 e. The van der Waals surface area contributed by atoms with Crippen molar-refractivity contribution in [2.75, 3.05) is 24.3 Å². The fourth-order valence-corrected chi connectivity index (χ4v) is 6.69. The lowest BCUT2D eigenvalue weighted by atomic mass is 9.91. The van der Waals surface area contributed by atoms with E-state index in [2.05, 4.69) is 74.5 Å². The first-order valence-corrected chi connectivity index (χ1v) is 11.0. The summed E-state index contributed by atoms with van der Waals surface area (Å²) in [6.45, 7) is 4.69. The van der Waals surface area contributed by atoms with Gasteiger partial charge >= 0.3 is 0 Å². The molecule has 1 nitrogen and oxygen atoms in total. The maximum Gasteiger partial charge on any atom is 0.0498 e. The van der Waals surface area contributed by atoms with Gasteiger partial charge in [0.15, 0.2) is 0 Å². The van der Waals surface area contributed by atoms with Crippen molar-refractivity contribution in [3.8, 4) is 0 Å². The highest BCUT2D eigenvalue weighted by Gasteiger charge is 2.32. The van der Waals surface area contributed by atoms with Crippen molar-refractivity contribution >= 4 is 30.3 Å². The van der Waals surface area contributed by atoms with E-state index in [0.717, 1.165) is 24.1 Å². The summed E-state index contributed by atoms with van der Waals surface area (Å²) >= 11 is 1.95. The first-order chi connectivity index (χ1) is 11.2. The van der Waals surface area contributed by atoms with Crippen LogP contribution in [0.15, 0.2) is 60.7 Å². The van der Waals surface area contributed by atoms with E-state index in [1.165, 1.54) is 10.6 Å². The molecule has 0 bridgehead atoms. The lowest BCUT2D eigenvalue weighted by molar-refractivity contribution is 0.163. The Morgan fingerprint density at radius 1 is 0.913 bits per heavy atom. The van der Waals surface area contributed by atoms with Crippen LogP contribution in [0.4, 0.5) is 0 Å². The van der Waals surface area contributed by atoms with E-state index in [4.69, 9.17) is 0 Å². The monoisotopic (exact) mass is 346 g/mol. The SMILES string of the molecule is CCSC[C@@](CC)(CO)CP(c1ccccc1)c1ccccc1. The molecule has 2 aromatic rings. The molecule has 23 heavy (non-hydrogen) atoms. The van der Waals surface area contributed by atoms with Gasteiger partial charge < -0.3 is 5.11 Å². The van der Waals surface area contributed by atoms with Crippen molar-refractivity contribution in [3.05, 3.63) is 60.7 Å². The van der Waals surface area contributed by atoms with Crippen molar-refractivity contribution in [3.63, 3.8) is 0 Å². The van der Waals surface area contributed by atoms with Crippen LogP contribution in [0.2, 0.25) is 0 Å². The van der Waals surface area contributed by atoms with E-state index in [-0.39, 0.29) is 12.0 Å². The number of rotatable bonds is 9. The molecular formula is C20H27OPS. The van der Waals surface area contributed by atoms with Gasteiger partial charge in [-0.15, -0.1) is 0 Å². The summed E-state index contributed by atoms with van der Waals surface area (Å²) in [5.41, 5.74) is 0.0120. The Kier molecular flexibility index (Phi) is 7.62. The lowest BCUT2D eigenvalue weighted by Gasteiger charge is -2.35. The van der Waals surface area contributed by atoms with E-state index in [1.54, 1.807) is 0 Å². The Bertz CT molecular complexity index is 515. The number of aliphatic hydroxyl groups excluding tert-OH is 1. The van der Waals surface area contributed by atoms with Gasteiger partial charge in [-0.25, -0.2) is 0 Å². The summed E-state index contributed by atoms with van der Waals surface area (Å²) in [6, 6.07) is 21.6. The topological polar surface area (TPSA) is 20.2 Å². The maximum absolute atomic E-state index is 10.1. The number of thioether (sulfide) groups is 1. The minimum absolute atomic E-state index is 0.0120. The van der Waals surface area contributed by atoms with Crippen molar-refractivity contribution in [2.24, 2.45) is 5.41 Å². The summed E-state index contributed by atoms with van der Waals surface area (Å²) in [5, 5.41) is 13.0. The summed E-state index contributed by atoms with van der Waals surface area (Å²) in [5.74, 6) is 2.14. The van der Waals surface area contributed by atoms with E-state index < -0.39 is 7.92 Å². The third kappa shape index (κ3) is 5.08. The normalized spacial score (nSPS) is 13.9. The zero-order valence-corrected chi connectivity index (χ0v) is 15.8. The van der Waals surface area contributed by atoms with E-state index >= 15 is 0 Å². The Labute approximate surface area is 146 Å². The van der Waals surface area contributed by atoms with Crippen LogP contribution in [-0.4, -0.2) is 29.4 Å². The van der Waals surface area contributed by atoms with Gasteiger partial charge in [-0.05, 0) is 36.9 Å². The predicted octanol–water partition coefficient (Wildman–Crippen LogP) is 4.26. The van der Waals surface area contributed by atoms with Crippen LogP contribution in [-0.2, 0) is 0 Å². The summed E-state index contributed by atoms with van der Waals surface area (Å²) in [4.78, 5) is 0. The quantitative estimate of drug-likeness (QED) is 0.685. The Morgan fingerprint density at radius 3 is 1.83 bits per heavy atom. The highest BCUT2D eigenvalue weighted by Crippen LogP contribution is 2.43. The van der Waals surface area contributed by atoms with Gasteiger partial charge in [-0.1, -0.05) is 74.5 Å². The van der Waals surface area contributed by atoms with Crippen LogP contribution >= 0.6 is 19.7 Å². The van der Waals surface area contributed by atoms with E-state index in [0.29, 0.717) is 0 Å². The maximum atomic E-state index is 10.1. The van der Waals surface area contributed by atoms with Gasteiger partial charge in [0.05, 0.1) is 0 Å². The molecule has 2 rings (SSSR count). The highest BCUT2D eigenvalue weighted by atomic mass is 32.2. The lowest BCUT2D eigenvalue weighted by Crippen LogP contribution is -2.34. The van der Waals surface area contributed by atoms with Gasteiger partial charge in [-0.3, -0.25) is 0 Å². The highest BCUT2D eigenvalue weighted by molar-refractivity contribution is 7.99. The number of benzene rings is 2. The van der Waals surface area contributed by atoms with Crippen molar-refractivity contribution in [1.82, 2.24) is 0 Å². The average Bonchev–Trinajstić information content (AvgIpc) is 2.64. The molecule has 0 radical (unpaired) electrons. The standard InChI is InChI=1S/C20H27OPS/c1-3-20(15-21,17-23-4-2)16-22(18-11-7-5-8-12-18)19-13-9-6-10-14-19/h5-14,21H,3-4,15-17H2,1-2H3/t20-/m0/s1. The Hall–Kier alpha value is -0.820. The third-order valence-electron chi connectivity index (χ3n) is 4.33. The molecule has 1 N–H and O–H groups in total. The summed E-state index contributed by atoms with van der Waals surface area (Å²) < 4.78 is 0. The molecule has 0 unspecified atom stereocenters. The van der Waals surface area contributed by atoms with Crippen molar-refractivity contribution in [1.29, 1.82) is 0 Å². The molecule has 0 saturated heterocycles. The van der Waals surface area contributed by atoms with Crippen LogP contribution in [0.1, 0.15) is 20.3 Å². The van der Waals surface area contributed by atoms with Crippen LogP contribution in [0, 0.1) is 5.41 Å². The summed E-state index contributed by atoms with van der Waals surface area (Å²) in [7, 11) is -0.440. The molecule has 0 fully saturated rings. The molecule has 0 heterocycles. The molecule has 124 valence electrons. The molecule has 0 amide bonds. The smallest absolute Gasteiger partial charge is 0.0498 e. The van der Waals surface area contributed by atoms with Gasteiger partial charge in [-0.2, -0.15) is 11.8 Å². The molecule has 0 aliphatic carbocycles. The van der Waals surface area contributed by atoms with Gasteiger partial charge in [0.25, 0.3) is 0 Å². The molecule has 0 aliphatic heterocycles. The molecule has 3 heteroatoms.